The maximum Gasteiger partial charge on any atom is 0.137 e. The maximum atomic E-state index is 13.4. The fraction of sp³-hybridized carbons (Fsp3) is 0.538. The van der Waals surface area contributed by atoms with Gasteiger partial charge in [0.1, 0.15) is 5.82 Å². The molecule has 0 N–H and O–H groups in total. The summed E-state index contributed by atoms with van der Waals surface area (Å²) in [6, 6.07) is 5.16. The summed E-state index contributed by atoms with van der Waals surface area (Å²) in [5, 5.41) is 0. The third kappa shape index (κ3) is 3.46. The molecule has 0 bridgehead atoms. The molecular weight excluding hydrogens is 290 g/mol. The van der Waals surface area contributed by atoms with Crippen molar-refractivity contribution in [2.45, 2.75) is 33.1 Å². The summed E-state index contributed by atoms with van der Waals surface area (Å²) in [7, 11) is 0. The molecule has 0 aliphatic carbocycles. The van der Waals surface area contributed by atoms with E-state index in [1.165, 1.54) is 6.07 Å². The number of rotatable bonds is 5. The topological polar surface area (TPSA) is 0 Å². The monoisotopic (exact) mass is 306 g/mol. The van der Waals surface area contributed by atoms with Gasteiger partial charge in [0.15, 0.2) is 0 Å². The third-order valence-corrected chi connectivity index (χ3v) is 4.36. The Morgan fingerprint density at radius 2 is 2.12 bits per heavy atom. The van der Waals surface area contributed by atoms with Gasteiger partial charge in [-0.25, -0.2) is 4.39 Å². The van der Waals surface area contributed by atoms with Crippen molar-refractivity contribution in [2.75, 3.05) is 5.88 Å². The fourth-order valence-corrected chi connectivity index (χ4v) is 2.58. The van der Waals surface area contributed by atoms with Crippen molar-refractivity contribution in [3.05, 3.63) is 34.1 Å². The van der Waals surface area contributed by atoms with E-state index in [1.54, 1.807) is 6.07 Å². The Bertz CT molecular complexity index is 354. The van der Waals surface area contributed by atoms with Crippen LogP contribution in [0, 0.1) is 11.2 Å². The lowest BCUT2D eigenvalue weighted by atomic mass is 9.81. The van der Waals surface area contributed by atoms with E-state index in [0.29, 0.717) is 10.4 Å². The van der Waals surface area contributed by atoms with Gasteiger partial charge in [-0.2, -0.15) is 0 Å². The average Bonchev–Trinajstić information content (AvgIpc) is 2.25. The molecular formula is C13H17BrClF. The number of halogens is 3. The fourth-order valence-electron chi connectivity index (χ4n) is 1.95. The molecule has 90 valence electrons. The van der Waals surface area contributed by atoms with Crippen LogP contribution in [0.15, 0.2) is 22.7 Å². The molecule has 0 fully saturated rings. The SMILES string of the molecule is CCCC(C)(CCl)Cc1cccc(F)c1Br. The molecule has 0 aromatic heterocycles. The van der Waals surface area contributed by atoms with Crippen LogP contribution in [0.3, 0.4) is 0 Å². The zero-order valence-electron chi connectivity index (χ0n) is 9.69. The Labute approximate surface area is 110 Å². The van der Waals surface area contributed by atoms with Crippen LogP contribution in [-0.2, 0) is 6.42 Å². The summed E-state index contributed by atoms with van der Waals surface area (Å²) < 4.78 is 13.9. The Balaban J connectivity index is 2.90. The minimum atomic E-state index is -0.203. The molecule has 16 heavy (non-hydrogen) atoms. The van der Waals surface area contributed by atoms with E-state index in [9.17, 15) is 4.39 Å². The van der Waals surface area contributed by atoms with E-state index >= 15 is 0 Å². The molecule has 3 heteroatoms. The highest BCUT2D eigenvalue weighted by Crippen LogP contribution is 2.33. The van der Waals surface area contributed by atoms with Crippen LogP contribution in [0.2, 0.25) is 0 Å². The smallest absolute Gasteiger partial charge is 0.137 e. The van der Waals surface area contributed by atoms with Crippen molar-refractivity contribution in [1.29, 1.82) is 0 Å². The molecule has 0 amide bonds. The normalized spacial score (nSPS) is 14.8. The quantitative estimate of drug-likeness (QED) is 0.658. The van der Waals surface area contributed by atoms with Crippen LogP contribution in [0.25, 0.3) is 0 Å². The van der Waals surface area contributed by atoms with Gasteiger partial charge in [-0.05, 0) is 45.8 Å². The minimum absolute atomic E-state index is 0.0482. The van der Waals surface area contributed by atoms with Crippen LogP contribution in [0.1, 0.15) is 32.3 Å². The van der Waals surface area contributed by atoms with Gasteiger partial charge in [-0.15, -0.1) is 11.6 Å². The van der Waals surface area contributed by atoms with E-state index in [0.717, 1.165) is 24.8 Å². The number of hydrogen-bond acceptors (Lipinski definition) is 0. The van der Waals surface area contributed by atoms with Gasteiger partial charge in [0.25, 0.3) is 0 Å². The van der Waals surface area contributed by atoms with Crippen molar-refractivity contribution in [2.24, 2.45) is 5.41 Å². The molecule has 1 unspecified atom stereocenters. The van der Waals surface area contributed by atoms with Crippen molar-refractivity contribution < 1.29 is 4.39 Å². The standard InChI is InChI=1S/C13H17BrClF/c1-3-7-13(2,9-15)8-10-5-4-6-11(16)12(10)14/h4-6H,3,7-9H2,1-2H3. The summed E-state index contributed by atoms with van der Waals surface area (Å²) in [5.41, 5.74) is 1.05. The zero-order chi connectivity index (χ0) is 12.2. The second kappa shape index (κ2) is 6.02. The lowest BCUT2D eigenvalue weighted by molar-refractivity contribution is 0.334. The Hall–Kier alpha value is -0.0800. The molecule has 1 atom stereocenters. The first-order valence-electron chi connectivity index (χ1n) is 5.51. The van der Waals surface area contributed by atoms with Crippen LogP contribution in [0.4, 0.5) is 4.39 Å². The van der Waals surface area contributed by atoms with Gasteiger partial charge in [0.2, 0.25) is 0 Å². The summed E-state index contributed by atoms with van der Waals surface area (Å²) in [5.74, 6) is 0.398. The Kier molecular flexibility index (Phi) is 5.26. The molecule has 0 spiro atoms. The first kappa shape index (κ1) is 14.0. The van der Waals surface area contributed by atoms with Gasteiger partial charge in [0, 0.05) is 5.88 Å². The van der Waals surface area contributed by atoms with Crippen LogP contribution in [-0.4, -0.2) is 5.88 Å². The van der Waals surface area contributed by atoms with E-state index in [2.05, 4.69) is 29.8 Å². The molecule has 1 aromatic rings. The van der Waals surface area contributed by atoms with Gasteiger partial charge < -0.3 is 0 Å². The van der Waals surface area contributed by atoms with Crippen molar-refractivity contribution in [1.82, 2.24) is 0 Å². The minimum Gasteiger partial charge on any atom is -0.206 e. The van der Waals surface area contributed by atoms with Crippen LogP contribution in [0.5, 0.6) is 0 Å². The van der Waals surface area contributed by atoms with Crippen LogP contribution >= 0.6 is 27.5 Å². The van der Waals surface area contributed by atoms with Gasteiger partial charge in [-0.1, -0.05) is 32.4 Å². The van der Waals surface area contributed by atoms with E-state index in [4.69, 9.17) is 11.6 Å². The second-order valence-electron chi connectivity index (χ2n) is 4.58. The van der Waals surface area contributed by atoms with E-state index in [1.807, 2.05) is 6.07 Å². The summed E-state index contributed by atoms with van der Waals surface area (Å²) in [6.45, 7) is 4.30. The zero-order valence-corrected chi connectivity index (χ0v) is 12.0. The molecule has 0 radical (unpaired) electrons. The number of benzene rings is 1. The molecule has 0 aliphatic heterocycles. The van der Waals surface area contributed by atoms with Crippen molar-refractivity contribution >= 4 is 27.5 Å². The first-order chi connectivity index (χ1) is 7.52. The molecule has 0 heterocycles. The van der Waals surface area contributed by atoms with Crippen molar-refractivity contribution in [3.8, 4) is 0 Å². The van der Waals surface area contributed by atoms with Crippen LogP contribution < -0.4 is 0 Å². The molecule has 1 aromatic carbocycles. The first-order valence-corrected chi connectivity index (χ1v) is 6.84. The Morgan fingerprint density at radius 3 is 2.69 bits per heavy atom. The highest BCUT2D eigenvalue weighted by molar-refractivity contribution is 9.10. The lowest BCUT2D eigenvalue weighted by Crippen LogP contribution is -2.21. The summed E-state index contributed by atoms with van der Waals surface area (Å²) >= 11 is 9.32. The largest absolute Gasteiger partial charge is 0.206 e. The number of hydrogen-bond donors (Lipinski definition) is 0. The number of alkyl halides is 1. The molecule has 1 rings (SSSR count). The second-order valence-corrected chi connectivity index (χ2v) is 5.64. The van der Waals surface area contributed by atoms with Gasteiger partial charge in [0.05, 0.1) is 4.47 Å². The van der Waals surface area contributed by atoms with E-state index < -0.39 is 0 Å². The van der Waals surface area contributed by atoms with Gasteiger partial charge in [-0.3, -0.25) is 0 Å². The Morgan fingerprint density at radius 1 is 1.44 bits per heavy atom. The maximum absolute atomic E-state index is 13.4. The van der Waals surface area contributed by atoms with Gasteiger partial charge >= 0.3 is 0 Å². The van der Waals surface area contributed by atoms with Crippen molar-refractivity contribution in [3.63, 3.8) is 0 Å². The highest BCUT2D eigenvalue weighted by atomic mass is 79.9. The molecule has 0 saturated carbocycles. The van der Waals surface area contributed by atoms with E-state index in [-0.39, 0.29) is 11.2 Å². The summed E-state index contributed by atoms with van der Waals surface area (Å²) in [6.07, 6.45) is 2.96. The molecule has 0 saturated heterocycles. The predicted molar refractivity (Wildman–Crippen MR) is 71.5 cm³/mol. The third-order valence-electron chi connectivity index (χ3n) is 2.82. The predicted octanol–water partition coefficient (Wildman–Crippen LogP) is 5.18. The average molecular weight is 308 g/mol. The highest BCUT2D eigenvalue weighted by Gasteiger charge is 2.24. The summed E-state index contributed by atoms with van der Waals surface area (Å²) in [4.78, 5) is 0. The molecule has 0 aliphatic rings. The lowest BCUT2D eigenvalue weighted by Gasteiger charge is -2.27. The molecule has 0 nitrogen and oxygen atoms in total.